The van der Waals surface area contributed by atoms with Crippen molar-refractivity contribution in [1.29, 1.82) is 0 Å². The first kappa shape index (κ1) is 16.2. The Hall–Kier alpha value is -0.700. The molecule has 2 nitrogen and oxygen atoms in total. The summed E-state index contributed by atoms with van der Waals surface area (Å²) in [5.41, 5.74) is 7.03. The van der Waals surface area contributed by atoms with Crippen LogP contribution in [0.25, 0.3) is 5.70 Å². The first-order chi connectivity index (χ1) is 10.1. The molecule has 2 N–H and O–H groups in total. The molecule has 0 amide bonds. The molecule has 4 heteroatoms. The fraction of sp³-hybridized carbons (Fsp3) is 0.333. The van der Waals surface area contributed by atoms with Gasteiger partial charge in [-0.1, -0.05) is 37.4 Å². The van der Waals surface area contributed by atoms with Crippen LogP contribution in [0.1, 0.15) is 23.6 Å². The van der Waals surface area contributed by atoms with Crippen LogP contribution in [0.2, 0.25) is 13.1 Å². The minimum atomic E-state index is -1.23. The van der Waals surface area contributed by atoms with Crippen molar-refractivity contribution in [3.05, 3.63) is 63.0 Å². The number of rotatable bonds is 3. The van der Waals surface area contributed by atoms with E-state index in [1.165, 1.54) is 22.4 Å². The van der Waals surface area contributed by atoms with Crippen molar-refractivity contribution >= 4 is 13.8 Å². The number of hydrogen-bond acceptors (Lipinski definition) is 2. The standard InChI is InChI=1S/C18H21N2Si.Zr/c1-19-16-11-7-5-6-8-12(11)17(20-2)15(16)13-9-10-14-18(13)21(14,3)4;/h5-8,16,19-20H,9H2,1-4H3;/q-1;. The number of benzene rings is 1. The maximum Gasteiger partial charge on any atom is 0.0588 e. The Morgan fingerprint density at radius 3 is 2.50 bits per heavy atom. The zero-order valence-corrected chi connectivity index (χ0v) is 17.1. The second kappa shape index (κ2) is 5.43. The van der Waals surface area contributed by atoms with E-state index in [9.17, 15) is 0 Å². The van der Waals surface area contributed by atoms with Crippen molar-refractivity contribution in [3.8, 4) is 0 Å². The molecule has 0 saturated carbocycles. The van der Waals surface area contributed by atoms with Crippen LogP contribution >= 0.6 is 0 Å². The van der Waals surface area contributed by atoms with Gasteiger partial charge in [0.15, 0.2) is 0 Å². The van der Waals surface area contributed by atoms with Crippen molar-refractivity contribution in [3.63, 3.8) is 0 Å². The van der Waals surface area contributed by atoms with Gasteiger partial charge in [0.2, 0.25) is 0 Å². The summed E-state index contributed by atoms with van der Waals surface area (Å²) in [6.07, 6.45) is 4.64. The van der Waals surface area contributed by atoms with E-state index in [4.69, 9.17) is 0 Å². The normalized spacial score (nSPS) is 23.8. The number of fused-ring (bicyclic) bond motifs is 2. The minimum absolute atomic E-state index is 0. The summed E-state index contributed by atoms with van der Waals surface area (Å²) in [4.78, 5) is 0. The van der Waals surface area contributed by atoms with E-state index in [1.54, 1.807) is 16.0 Å². The average Bonchev–Trinajstić information content (AvgIpc) is 2.88. The van der Waals surface area contributed by atoms with Crippen LogP contribution < -0.4 is 10.6 Å². The Morgan fingerprint density at radius 2 is 1.91 bits per heavy atom. The van der Waals surface area contributed by atoms with Crippen LogP contribution in [0.3, 0.4) is 0 Å². The van der Waals surface area contributed by atoms with Gasteiger partial charge in [-0.2, -0.15) is 5.20 Å². The van der Waals surface area contributed by atoms with Gasteiger partial charge in [-0.25, -0.2) is 5.20 Å². The zero-order valence-electron chi connectivity index (χ0n) is 13.6. The van der Waals surface area contributed by atoms with Crippen LogP contribution in [-0.4, -0.2) is 22.2 Å². The summed E-state index contributed by atoms with van der Waals surface area (Å²) >= 11 is 0. The minimum Gasteiger partial charge on any atom is -0.387 e. The summed E-state index contributed by atoms with van der Waals surface area (Å²) in [5.74, 6) is 0. The van der Waals surface area contributed by atoms with Gasteiger partial charge in [-0.3, -0.25) is 6.08 Å². The predicted molar refractivity (Wildman–Crippen MR) is 90.1 cm³/mol. The number of allylic oxidation sites excluding steroid dienone is 3. The maximum absolute atomic E-state index is 3.64. The fourth-order valence-corrected chi connectivity index (χ4v) is 7.55. The molecular weight excluding hydrogens is 364 g/mol. The van der Waals surface area contributed by atoms with Crippen LogP contribution in [0.15, 0.2) is 45.8 Å². The predicted octanol–water partition coefficient (Wildman–Crippen LogP) is 3.12. The molecule has 1 fully saturated rings. The van der Waals surface area contributed by atoms with Crippen molar-refractivity contribution in [1.82, 2.24) is 10.6 Å². The average molecular weight is 385 g/mol. The van der Waals surface area contributed by atoms with E-state index in [1.807, 2.05) is 7.05 Å². The third-order valence-corrected chi connectivity index (χ3v) is 8.37. The Labute approximate surface area is 152 Å². The molecule has 3 aliphatic rings. The van der Waals surface area contributed by atoms with Gasteiger partial charge in [0.05, 0.1) is 6.04 Å². The molecule has 1 heterocycles. The molecule has 112 valence electrons. The maximum atomic E-state index is 3.64. The molecule has 2 aliphatic carbocycles. The first-order valence-electron chi connectivity index (χ1n) is 7.65. The van der Waals surface area contributed by atoms with E-state index in [2.05, 4.69) is 61.1 Å². The number of likely N-dealkylation sites (N-methyl/N-ethyl adjacent to an activating group) is 1. The fourth-order valence-electron chi connectivity index (χ4n) is 4.12. The third kappa shape index (κ3) is 1.97. The molecular formula is C18H21N2SiZr-. The van der Waals surface area contributed by atoms with E-state index >= 15 is 0 Å². The molecule has 0 spiro atoms. The SMILES string of the molecule is CNC1=C(C2=C3C(=[C-]C2)[Si]3(C)C)C(NC)c2ccccc21.[Zr]. The van der Waals surface area contributed by atoms with E-state index < -0.39 is 8.07 Å². The van der Waals surface area contributed by atoms with Crippen molar-refractivity contribution in [2.24, 2.45) is 0 Å². The zero-order chi connectivity index (χ0) is 14.8. The Bertz CT molecular complexity index is 743. The summed E-state index contributed by atoms with van der Waals surface area (Å²) in [6, 6.07) is 9.04. The van der Waals surface area contributed by atoms with Crippen LogP contribution in [0.5, 0.6) is 0 Å². The number of hydrogen-bond donors (Lipinski definition) is 2. The Balaban J connectivity index is 0.00000144. The Morgan fingerprint density at radius 1 is 1.18 bits per heavy atom. The Kier molecular flexibility index (Phi) is 3.99. The van der Waals surface area contributed by atoms with Crippen molar-refractivity contribution < 1.29 is 26.2 Å². The van der Waals surface area contributed by atoms with Gasteiger partial charge in [-0.15, -0.1) is 12.0 Å². The van der Waals surface area contributed by atoms with Crippen LogP contribution in [0.4, 0.5) is 0 Å². The van der Waals surface area contributed by atoms with Crippen LogP contribution in [0, 0.1) is 6.08 Å². The molecule has 1 unspecified atom stereocenters. The van der Waals surface area contributed by atoms with Crippen LogP contribution in [-0.2, 0) is 26.2 Å². The van der Waals surface area contributed by atoms with Gasteiger partial charge < -0.3 is 10.6 Å². The molecule has 22 heavy (non-hydrogen) atoms. The van der Waals surface area contributed by atoms with Gasteiger partial charge in [0.1, 0.15) is 0 Å². The van der Waals surface area contributed by atoms with Crippen molar-refractivity contribution in [2.45, 2.75) is 25.6 Å². The second-order valence-electron chi connectivity index (χ2n) is 6.55. The molecule has 4 rings (SSSR count). The molecule has 1 saturated heterocycles. The van der Waals surface area contributed by atoms with E-state index in [0.717, 1.165) is 6.42 Å². The molecule has 1 atom stereocenters. The molecule has 0 bridgehead atoms. The smallest absolute Gasteiger partial charge is 0.0588 e. The quantitative estimate of drug-likeness (QED) is 0.618. The second-order valence-corrected chi connectivity index (χ2v) is 10.8. The van der Waals surface area contributed by atoms with Gasteiger partial charge in [0, 0.05) is 44.5 Å². The number of nitrogens with one attached hydrogen (secondary N) is 2. The summed E-state index contributed by atoms with van der Waals surface area (Å²) in [7, 11) is 2.87. The van der Waals surface area contributed by atoms with E-state index in [-0.39, 0.29) is 26.2 Å². The monoisotopic (exact) mass is 383 g/mol. The van der Waals surface area contributed by atoms with Gasteiger partial charge in [0.25, 0.3) is 0 Å². The third-order valence-electron chi connectivity index (χ3n) is 5.14. The summed E-state index contributed by atoms with van der Waals surface area (Å²) in [5, 5.41) is 10.2. The largest absolute Gasteiger partial charge is 0.387 e. The molecule has 0 radical (unpaired) electrons. The van der Waals surface area contributed by atoms with E-state index in [0.29, 0.717) is 6.04 Å². The molecule has 1 aromatic rings. The first-order valence-corrected chi connectivity index (χ1v) is 10.7. The summed E-state index contributed by atoms with van der Waals surface area (Å²) < 4.78 is 0. The molecule has 1 aliphatic heterocycles. The molecule has 1 aromatic carbocycles. The molecule has 0 aromatic heterocycles. The summed E-state index contributed by atoms with van der Waals surface area (Å²) in [6.45, 7) is 4.89. The topological polar surface area (TPSA) is 24.1 Å². The van der Waals surface area contributed by atoms with Gasteiger partial charge in [-0.05, 0) is 26.3 Å². The van der Waals surface area contributed by atoms with Crippen molar-refractivity contribution in [2.75, 3.05) is 14.1 Å². The van der Waals surface area contributed by atoms with Gasteiger partial charge >= 0.3 is 0 Å².